The molecule has 184 valence electrons. The van der Waals surface area contributed by atoms with Gasteiger partial charge in [-0.25, -0.2) is 13.8 Å². The quantitative estimate of drug-likeness (QED) is 0.390. The van der Waals surface area contributed by atoms with E-state index in [4.69, 9.17) is 5.73 Å². The highest BCUT2D eigenvalue weighted by molar-refractivity contribution is 5.79. The number of nitrogens with zero attached hydrogens (tertiary/aromatic N) is 2. The van der Waals surface area contributed by atoms with Crippen molar-refractivity contribution < 1.29 is 13.6 Å². The summed E-state index contributed by atoms with van der Waals surface area (Å²) in [7, 11) is 0. The third-order valence-electron chi connectivity index (χ3n) is 5.89. The van der Waals surface area contributed by atoms with Gasteiger partial charge in [0.15, 0.2) is 0 Å². The highest BCUT2D eigenvalue weighted by atomic mass is 19.1. The summed E-state index contributed by atoms with van der Waals surface area (Å²) in [6.45, 7) is 6.29. The Morgan fingerprint density at radius 2 is 1.80 bits per heavy atom. The van der Waals surface area contributed by atoms with Gasteiger partial charge in [-0.3, -0.25) is 4.79 Å². The van der Waals surface area contributed by atoms with E-state index in [0.717, 1.165) is 42.7 Å². The van der Waals surface area contributed by atoms with Crippen LogP contribution in [0.4, 0.5) is 31.7 Å². The van der Waals surface area contributed by atoms with Crippen LogP contribution in [-0.2, 0) is 17.8 Å². The molecule has 0 unspecified atom stereocenters. The van der Waals surface area contributed by atoms with Crippen LogP contribution in [-0.4, -0.2) is 36.1 Å². The molecule has 1 aliphatic heterocycles. The van der Waals surface area contributed by atoms with Crippen molar-refractivity contribution >= 4 is 28.8 Å². The zero-order valence-corrected chi connectivity index (χ0v) is 19.8. The molecule has 1 aromatic heterocycles. The van der Waals surface area contributed by atoms with Crippen molar-refractivity contribution in [2.24, 2.45) is 5.73 Å². The van der Waals surface area contributed by atoms with Gasteiger partial charge >= 0.3 is 0 Å². The lowest BCUT2D eigenvalue weighted by Crippen LogP contribution is -2.54. The summed E-state index contributed by atoms with van der Waals surface area (Å²) in [6, 6.07) is 14.0. The highest BCUT2D eigenvalue weighted by Crippen LogP contribution is 2.25. The predicted molar refractivity (Wildman–Crippen MR) is 135 cm³/mol. The van der Waals surface area contributed by atoms with Gasteiger partial charge < -0.3 is 26.6 Å². The first kappa shape index (κ1) is 24.4. The Morgan fingerprint density at radius 3 is 2.49 bits per heavy atom. The van der Waals surface area contributed by atoms with Crippen LogP contribution in [0.15, 0.2) is 54.7 Å². The van der Waals surface area contributed by atoms with Crippen molar-refractivity contribution in [1.82, 2.24) is 10.3 Å². The number of primary amides is 1. The third-order valence-corrected chi connectivity index (χ3v) is 5.89. The fourth-order valence-electron chi connectivity index (χ4n) is 4.36. The summed E-state index contributed by atoms with van der Waals surface area (Å²) >= 11 is 0. The number of rotatable bonds is 8. The van der Waals surface area contributed by atoms with Gasteiger partial charge in [-0.15, -0.1) is 0 Å². The van der Waals surface area contributed by atoms with Gasteiger partial charge in [0.25, 0.3) is 0 Å². The zero-order valence-electron chi connectivity index (χ0n) is 19.8. The number of nitrogens with one attached hydrogen (secondary N) is 3. The van der Waals surface area contributed by atoms with Crippen molar-refractivity contribution in [3.8, 4) is 0 Å². The molecular formula is C26H30F2N6O. The van der Waals surface area contributed by atoms with Crippen LogP contribution < -0.4 is 26.6 Å². The minimum absolute atomic E-state index is 0.0303. The maximum absolute atomic E-state index is 14.0. The topological polar surface area (TPSA) is 95.3 Å². The molecule has 0 aliphatic carbocycles. The molecule has 3 aromatic rings. The first-order valence-electron chi connectivity index (χ1n) is 11.6. The number of anilines is 4. The SMILES string of the molecule is C[C@@H]1CN(c2ccc(Nc3cc(NCc4cc(F)ccc4F)c(CC(N)=O)cn3)cc2)C[C@H](C)N1. The normalized spacial score (nSPS) is 17.8. The average molecular weight is 481 g/mol. The first-order valence-corrected chi connectivity index (χ1v) is 11.6. The number of carbonyl (C=O) groups is 1. The lowest BCUT2D eigenvalue weighted by atomic mass is 10.1. The van der Waals surface area contributed by atoms with Crippen LogP contribution >= 0.6 is 0 Å². The third kappa shape index (κ3) is 6.45. The van der Waals surface area contributed by atoms with Crippen molar-refractivity contribution in [3.63, 3.8) is 0 Å². The number of aromatic nitrogens is 1. The van der Waals surface area contributed by atoms with E-state index in [1.165, 1.54) is 0 Å². The van der Waals surface area contributed by atoms with E-state index in [1.807, 2.05) is 12.1 Å². The van der Waals surface area contributed by atoms with Crippen LogP contribution in [0.5, 0.6) is 0 Å². The summed E-state index contributed by atoms with van der Waals surface area (Å²) in [5.74, 6) is -1.01. The molecular weight excluding hydrogens is 450 g/mol. The van der Waals surface area contributed by atoms with Crippen molar-refractivity contribution in [2.45, 2.75) is 38.9 Å². The maximum Gasteiger partial charge on any atom is 0.221 e. The number of halogens is 2. The van der Waals surface area contributed by atoms with Crippen LogP contribution in [0.25, 0.3) is 0 Å². The number of amides is 1. The number of hydrogen-bond donors (Lipinski definition) is 4. The maximum atomic E-state index is 14.0. The molecule has 9 heteroatoms. The summed E-state index contributed by atoms with van der Waals surface area (Å²) in [5, 5.41) is 9.88. The van der Waals surface area contributed by atoms with Crippen LogP contribution in [0.2, 0.25) is 0 Å². The number of benzene rings is 2. The molecule has 1 amide bonds. The van der Waals surface area contributed by atoms with Gasteiger partial charge in [0.2, 0.25) is 5.91 Å². The van der Waals surface area contributed by atoms with Gasteiger partial charge in [-0.2, -0.15) is 0 Å². The Labute approximate surface area is 203 Å². The second-order valence-corrected chi connectivity index (χ2v) is 9.00. The molecule has 0 radical (unpaired) electrons. The van der Waals surface area contributed by atoms with E-state index >= 15 is 0 Å². The molecule has 0 saturated carbocycles. The van der Waals surface area contributed by atoms with Crippen molar-refractivity contribution in [2.75, 3.05) is 28.6 Å². The second kappa shape index (κ2) is 10.7. The van der Waals surface area contributed by atoms with Gasteiger partial charge in [-0.05, 0) is 56.3 Å². The van der Waals surface area contributed by atoms with Gasteiger partial charge in [0.1, 0.15) is 17.5 Å². The van der Waals surface area contributed by atoms with E-state index in [-0.39, 0.29) is 18.5 Å². The first-order chi connectivity index (χ1) is 16.8. The number of pyridine rings is 1. The molecule has 2 aromatic carbocycles. The molecule has 1 fully saturated rings. The molecule has 2 heterocycles. The van der Waals surface area contributed by atoms with Gasteiger partial charge in [0.05, 0.1) is 6.42 Å². The Morgan fingerprint density at radius 1 is 1.09 bits per heavy atom. The zero-order chi connectivity index (χ0) is 24.9. The Balaban J connectivity index is 1.49. The summed E-state index contributed by atoms with van der Waals surface area (Å²) in [4.78, 5) is 18.3. The molecule has 1 aliphatic rings. The monoisotopic (exact) mass is 480 g/mol. The van der Waals surface area contributed by atoms with Crippen LogP contribution in [0, 0.1) is 11.6 Å². The van der Waals surface area contributed by atoms with E-state index in [1.54, 1.807) is 12.3 Å². The van der Waals surface area contributed by atoms with E-state index in [0.29, 0.717) is 29.2 Å². The van der Waals surface area contributed by atoms with E-state index in [2.05, 4.69) is 51.8 Å². The second-order valence-electron chi connectivity index (χ2n) is 9.00. The molecule has 35 heavy (non-hydrogen) atoms. The standard InChI is InChI=1S/C26H30F2N6O/c1-16-14-34(15-17(2)32-16)22-6-4-21(5-7-22)33-26-11-24(19(13-31-26)10-25(29)35)30-12-18-9-20(27)3-8-23(18)28/h3-9,11,13,16-17,32H,10,12,14-15H2,1-2H3,(H2,29,35)(H2,30,31,33)/t16-,17+. The molecule has 7 nitrogen and oxygen atoms in total. The minimum atomic E-state index is -0.522. The fraction of sp³-hybridized carbons (Fsp3) is 0.308. The summed E-state index contributed by atoms with van der Waals surface area (Å²) in [6.07, 6.45) is 1.52. The van der Waals surface area contributed by atoms with Crippen LogP contribution in [0.1, 0.15) is 25.0 Å². The molecule has 0 spiro atoms. The highest BCUT2D eigenvalue weighted by Gasteiger charge is 2.21. The van der Waals surface area contributed by atoms with Crippen LogP contribution in [0.3, 0.4) is 0 Å². The van der Waals surface area contributed by atoms with Crippen molar-refractivity contribution in [3.05, 3.63) is 77.5 Å². The molecule has 2 atom stereocenters. The average Bonchev–Trinajstić information content (AvgIpc) is 2.80. The Bertz CT molecular complexity index is 1180. The van der Waals surface area contributed by atoms with Crippen molar-refractivity contribution in [1.29, 1.82) is 0 Å². The predicted octanol–water partition coefficient (Wildman–Crippen LogP) is 3.93. The smallest absolute Gasteiger partial charge is 0.221 e. The van der Waals surface area contributed by atoms with E-state index in [9.17, 15) is 13.6 Å². The number of piperazine rings is 1. The largest absolute Gasteiger partial charge is 0.380 e. The lowest BCUT2D eigenvalue weighted by molar-refractivity contribution is -0.117. The molecule has 1 saturated heterocycles. The van der Waals surface area contributed by atoms with Gasteiger partial charge in [0, 0.05) is 72.2 Å². The van der Waals surface area contributed by atoms with Gasteiger partial charge in [-0.1, -0.05) is 0 Å². The lowest BCUT2D eigenvalue weighted by Gasteiger charge is -2.37. The Kier molecular flexibility index (Phi) is 7.45. The molecule has 0 bridgehead atoms. The van der Waals surface area contributed by atoms with E-state index < -0.39 is 17.5 Å². The number of carbonyl (C=O) groups excluding carboxylic acids is 1. The molecule has 4 rings (SSSR count). The summed E-state index contributed by atoms with van der Waals surface area (Å²) in [5.41, 5.74) is 8.68. The number of nitrogens with two attached hydrogens (primary N) is 1. The minimum Gasteiger partial charge on any atom is -0.380 e. The summed E-state index contributed by atoms with van der Waals surface area (Å²) < 4.78 is 27.6. The molecule has 5 N–H and O–H groups in total. The fourth-order valence-corrected chi connectivity index (χ4v) is 4.36. The Hall–Kier alpha value is -3.72. The number of hydrogen-bond acceptors (Lipinski definition) is 6.